The van der Waals surface area contributed by atoms with Gasteiger partial charge >= 0.3 is 0 Å². The summed E-state index contributed by atoms with van der Waals surface area (Å²) in [6.07, 6.45) is 0.660. The van der Waals surface area contributed by atoms with Crippen molar-refractivity contribution in [2.45, 2.75) is 20.3 Å². The molecule has 6 nitrogen and oxygen atoms in total. The monoisotopic (exact) mass is 316 g/mol. The van der Waals surface area contributed by atoms with Gasteiger partial charge in [-0.2, -0.15) is 0 Å². The Balaban J connectivity index is 2.19. The zero-order valence-electron chi connectivity index (χ0n) is 13.6. The molecule has 0 fully saturated rings. The van der Waals surface area contributed by atoms with E-state index in [4.69, 9.17) is 10.5 Å². The second kappa shape index (κ2) is 7.78. The Kier molecular flexibility index (Phi) is 5.76. The molecule has 0 saturated heterocycles. The molecule has 0 radical (unpaired) electrons. The third-order valence-corrected chi connectivity index (χ3v) is 3.83. The Labute approximate surface area is 136 Å². The fraction of sp³-hybridized carbons (Fsp3) is 0.412. The van der Waals surface area contributed by atoms with Crippen molar-refractivity contribution in [1.82, 2.24) is 10.2 Å². The zero-order valence-corrected chi connectivity index (χ0v) is 13.6. The first-order valence-electron chi connectivity index (χ1n) is 7.76. The van der Waals surface area contributed by atoms with Crippen LogP contribution in [-0.2, 0) is 4.79 Å². The van der Waals surface area contributed by atoms with Crippen LogP contribution in [0.1, 0.15) is 18.9 Å². The van der Waals surface area contributed by atoms with E-state index in [0.29, 0.717) is 26.1 Å². The molecule has 1 aliphatic rings. The molecule has 1 heterocycles. The number of hydrogen-bond donors (Lipinski definition) is 4. The van der Waals surface area contributed by atoms with Gasteiger partial charge in [0, 0.05) is 43.4 Å². The highest BCUT2D eigenvalue weighted by molar-refractivity contribution is 6.07. The third-order valence-electron chi connectivity index (χ3n) is 3.83. The predicted octanol–water partition coefficient (Wildman–Crippen LogP) is 1.47. The van der Waals surface area contributed by atoms with Gasteiger partial charge in [0.2, 0.25) is 5.91 Å². The Morgan fingerprint density at radius 2 is 2.22 bits per heavy atom. The first kappa shape index (κ1) is 17.0. The van der Waals surface area contributed by atoms with Crippen molar-refractivity contribution >= 4 is 17.4 Å². The summed E-state index contributed by atoms with van der Waals surface area (Å²) in [5, 5.41) is 23.7. The van der Waals surface area contributed by atoms with Gasteiger partial charge in [0.1, 0.15) is 5.84 Å². The van der Waals surface area contributed by atoms with Crippen molar-refractivity contribution in [1.29, 1.82) is 5.41 Å². The van der Waals surface area contributed by atoms with E-state index in [1.165, 1.54) is 0 Å². The lowest BCUT2D eigenvalue weighted by molar-refractivity contribution is -0.128. The number of nitrogens with zero attached hydrogens (tertiary/aromatic N) is 1. The molecule has 1 aromatic rings. The molecule has 0 bridgehead atoms. The summed E-state index contributed by atoms with van der Waals surface area (Å²) in [6, 6.07) is 7.82. The Bertz CT molecular complexity index is 625. The highest BCUT2D eigenvalue weighted by Gasteiger charge is 2.23. The molecule has 0 unspecified atom stereocenters. The molecule has 124 valence electrons. The number of aliphatic hydroxyl groups excluding tert-OH is 1. The second-order valence-electron chi connectivity index (χ2n) is 5.67. The first-order valence-corrected chi connectivity index (χ1v) is 7.76. The van der Waals surface area contributed by atoms with Gasteiger partial charge in [0.15, 0.2) is 0 Å². The van der Waals surface area contributed by atoms with Gasteiger partial charge in [-0.05, 0) is 24.6 Å². The topological polar surface area (TPSA) is 88.5 Å². The number of aryl methyl sites for hydroxylation is 1. The van der Waals surface area contributed by atoms with Gasteiger partial charge in [0.25, 0.3) is 0 Å². The largest absolute Gasteiger partial charge is 0.395 e. The molecule has 23 heavy (non-hydrogen) atoms. The molecule has 4 N–H and O–H groups in total. The fourth-order valence-electron chi connectivity index (χ4n) is 2.61. The molecule has 0 spiro atoms. The molecule has 6 heteroatoms. The van der Waals surface area contributed by atoms with E-state index >= 15 is 0 Å². The van der Waals surface area contributed by atoms with Crippen molar-refractivity contribution in [2.75, 3.05) is 31.6 Å². The van der Waals surface area contributed by atoms with Gasteiger partial charge in [-0.3, -0.25) is 10.2 Å². The van der Waals surface area contributed by atoms with Crippen molar-refractivity contribution < 1.29 is 9.90 Å². The van der Waals surface area contributed by atoms with Crippen molar-refractivity contribution in [3.8, 4) is 0 Å². The van der Waals surface area contributed by atoms with E-state index in [1.54, 1.807) is 11.8 Å². The van der Waals surface area contributed by atoms with E-state index in [1.807, 2.05) is 31.2 Å². The zero-order chi connectivity index (χ0) is 16.8. The maximum absolute atomic E-state index is 11.6. The number of aliphatic hydroxyl groups is 1. The minimum absolute atomic E-state index is 0.00654. The number of anilines is 1. The average Bonchev–Trinajstić information content (AvgIpc) is 2.52. The molecule has 0 aliphatic carbocycles. The maximum Gasteiger partial charge on any atom is 0.219 e. The normalized spacial score (nSPS) is 14.7. The SMILES string of the molecule is CC(=O)N1CCC(NCCO)=C(C(=N)Nc2cccc(C)c2)C1. The van der Waals surface area contributed by atoms with E-state index in [0.717, 1.165) is 22.5 Å². The van der Waals surface area contributed by atoms with Crippen molar-refractivity contribution in [3.63, 3.8) is 0 Å². The molecular weight excluding hydrogens is 292 g/mol. The summed E-state index contributed by atoms with van der Waals surface area (Å²) >= 11 is 0. The van der Waals surface area contributed by atoms with Crippen LogP contribution in [0.4, 0.5) is 5.69 Å². The highest BCUT2D eigenvalue weighted by Crippen LogP contribution is 2.19. The number of amidine groups is 1. The Morgan fingerprint density at radius 3 is 2.87 bits per heavy atom. The van der Waals surface area contributed by atoms with E-state index in [2.05, 4.69) is 10.6 Å². The number of benzene rings is 1. The Hall–Kier alpha value is -2.34. The van der Waals surface area contributed by atoms with Gasteiger partial charge in [0.05, 0.1) is 13.2 Å². The van der Waals surface area contributed by atoms with Gasteiger partial charge in [-0.15, -0.1) is 0 Å². The van der Waals surface area contributed by atoms with Crippen molar-refractivity contribution in [2.24, 2.45) is 0 Å². The number of hydrogen-bond acceptors (Lipinski definition) is 4. The summed E-state index contributed by atoms with van der Waals surface area (Å²) in [4.78, 5) is 13.4. The standard InChI is InChI=1S/C17H24N4O2/c1-12-4-3-5-14(10-12)20-17(18)15-11-21(13(2)23)8-6-16(15)19-7-9-22/h3-5,10,19,22H,6-9,11H2,1-2H3,(H2,18,20). The second-order valence-corrected chi connectivity index (χ2v) is 5.67. The van der Waals surface area contributed by atoms with Crippen LogP contribution in [0.3, 0.4) is 0 Å². The van der Waals surface area contributed by atoms with E-state index < -0.39 is 0 Å². The van der Waals surface area contributed by atoms with Crippen LogP contribution >= 0.6 is 0 Å². The van der Waals surface area contributed by atoms with E-state index in [9.17, 15) is 4.79 Å². The lowest BCUT2D eigenvalue weighted by atomic mass is 10.0. The first-order chi connectivity index (χ1) is 11.0. The molecule has 1 aliphatic heterocycles. The molecule has 0 atom stereocenters. The highest BCUT2D eigenvalue weighted by atomic mass is 16.3. The smallest absolute Gasteiger partial charge is 0.219 e. The molecule has 2 rings (SSSR count). The minimum Gasteiger partial charge on any atom is -0.395 e. The summed E-state index contributed by atoms with van der Waals surface area (Å²) in [6.45, 7) is 5.05. The van der Waals surface area contributed by atoms with Crippen molar-refractivity contribution in [3.05, 3.63) is 41.1 Å². The maximum atomic E-state index is 11.6. The number of carbonyl (C=O) groups excluding carboxylic acids is 1. The van der Waals surface area contributed by atoms with Crippen LogP contribution in [-0.4, -0.2) is 48.0 Å². The van der Waals surface area contributed by atoms with Gasteiger partial charge < -0.3 is 20.6 Å². The van der Waals surface area contributed by atoms with Crippen LogP contribution in [0.25, 0.3) is 0 Å². The van der Waals surface area contributed by atoms with E-state index in [-0.39, 0.29) is 18.3 Å². The summed E-state index contributed by atoms with van der Waals surface area (Å²) in [5.74, 6) is 0.286. The lowest BCUT2D eigenvalue weighted by Gasteiger charge is -2.31. The number of amides is 1. The van der Waals surface area contributed by atoms with Crippen LogP contribution in [0.15, 0.2) is 35.5 Å². The van der Waals surface area contributed by atoms with Gasteiger partial charge in [-0.25, -0.2) is 0 Å². The minimum atomic E-state index is 0.00654. The molecule has 1 aromatic carbocycles. The predicted molar refractivity (Wildman–Crippen MR) is 91.5 cm³/mol. The lowest BCUT2D eigenvalue weighted by Crippen LogP contribution is -2.41. The molecular formula is C17H24N4O2. The summed E-state index contributed by atoms with van der Waals surface area (Å²) in [7, 11) is 0. The number of rotatable bonds is 5. The van der Waals surface area contributed by atoms with Crippen LogP contribution in [0, 0.1) is 12.3 Å². The van der Waals surface area contributed by atoms with Gasteiger partial charge in [-0.1, -0.05) is 12.1 Å². The Morgan fingerprint density at radius 1 is 1.43 bits per heavy atom. The molecule has 1 amide bonds. The molecule has 0 aromatic heterocycles. The summed E-state index contributed by atoms with van der Waals surface area (Å²) < 4.78 is 0. The number of nitrogens with one attached hydrogen (secondary N) is 3. The third kappa shape index (κ3) is 4.56. The fourth-order valence-corrected chi connectivity index (χ4v) is 2.61. The summed E-state index contributed by atoms with van der Waals surface area (Å²) in [5.41, 5.74) is 3.65. The van der Waals surface area contributed by atoms with Crippen LogP contribution in [0.2, 0.25) is 0 Å². The quantitative estimate of drug-likeness (QED) is 0.489. The average molecular weight is 316 g/mol. The van der Waals surface area contributed by atoms with Crippen LogP contribution in [0.5, 0.6) is 0 Å². The number of carbonyl (C=O) groups is 1. The van der Waals surface area contributed by atoms with Crippen LogP contribution < -0.4 is 10.6 Å². The molecule has 0 saturated carbocycles.